The fraction of sp³-hybridized carbons (Fsp3) is 0.500. The lowest BCUT2D eigenvalue weighted by Crippen LogP contribution is -2.59. The third-order valence-electron chi connectivity index (χ3n) is 7.33. The molecular formula is C26H34BFN2O5S. The van der Waals surface area contributed by atoms with E-state index in [0.717, 1.165) is 11.0 Å². The van der Waals surface area contributed by atoms with Crippen molar-refractivity contribution in [2.24, 2.45) is 4.99 Å². The van der Waals surface area contributed by atoms with Crippen molar-refractivity contribution >= 4 is 28.6 Å². The van der Waals surface area contributed by atoms with E-state index in [-0.39, 0.29) is 12.4 Å². The number of aliphatic imine (C=N–C) groups is 1. The quantitative estimate of drug-likeness (QED) is 0.610. The zero-order chi connectivity index (χ0) is 26.5. The molecule has 2 aromatic rings. The molecule has 0 spiro atoms. The van der Waals surface area contributed by atoms with Crippen LogP contribution in [0.2, 0.25) is 0 Å². The van der Waals surface area contributed by atoms with Gasteiger partial charge in [0.15, 0.2) is 0 Å². The molecule has 0 aromatic heterocycles. The van der Waals surface area contributed by atoms with Gasteiger partial charge < -0.3 is 14.0 Å². The highest BCUT2D eigenvalue weighted by Gasteiger charge is 2.52. The molecule has 0 saturated carbocycles. The van der Waals surface area contributed by atoms with Gasteiger partial charge in [0.05, 0.1) is 17.2 Å². The standard InChI is InChI=1S/C26H34BFN2O5S/c1-17(20-10-8-9-11-21(20)28)29-23-30-36(31,32)22(24(2,3)33-23)16-18-12-14-19(15-13-18)27-34-25(4,5)26(6,7)35-27/h8-15,17,22H,16H2,1-7H3,(H,29,30)/t17-,22?/m0/s1. The van der Waals surface area contributed by atoms with E-state index in [1.165, 1.54) is 6.07 Å². The van der Waals surface area contributed by atoms with Crippen LogP contribution >= 0.6 is 0 Å². The first kappa shape index (κ1) is 26.6. The van der Waals surface area contributed by atoms with Crippen LogP contribution in [0.1, 0.15) is 65.6 Å². The number of halogens is 1. The number of benzene rings is 2. The maximum atomic E-state index is 14.1. The van der Waals surface area contributed by atoms with Gasteiger partial charge in [-0.3, -0.25) is 0 Å². The third kappa shape index (κ3) is 5.17. The van der Waals surface area contributed by atoms with Gasteiger partial charge in [-0.05, 0) is 72.0 Å². The molecular weight excluding hydrogens is 482 g/mol. The van der Waals surface area contributed by atoms with Gasteiger partial charge in [-0.2, -0.15) is 0 Å². The number of hydrogen-bond donors (Lipinski definition) is 1. The monoisotopic (exact) mass is 516 g/mol. The van der Waals surface area contributed by atoms with Crippen molar-refractivity contribution < 1.29 is 26.9 Å². The molecule has 2 fully saturated rings. The lowest BCUT2D eigenvalue weighted by Gasteiger charge is -2.39. The molecule has 0 bridgehead atoms. The average Bonchev–Trinajstić information content (AvgIpc) is 2.98. The Morgan fingerprint density at radius 1 is 1.00 bits per heavy atom. The average molecular weight is 516 g/mol. The number of nitrogens with one attached hydrogen (secondary N) is 1. The lowest BCUT2D eigenvalue weighted by molar-refractivity contribution is 0.00578. The second kappa shape index (κ2) is 9.15. The van der Waals surface area contributed by atoms with E-state index in [1.807, 2.05) is 52.0 Å². The summed E-state index contributed by atoms with van der Waals surface area (Å²) in [5.74, 6) is -0.408. The smallest absolute Gasteiger partial charge is 0.457 e. The minimum atomic E-state index is -3.82. The molecule has 1 N–H and O–H groups in total. The molecule has 1 unspecified atom stereocenters. The van der Waals surface area contributed by atoms with E-state index >= 15 is 0 Å². The third-order valence-corrected chi connectivity index (χ3v) is 9.27. The lowest BCUT2D eigenvalue weighted by atomic mass is 9.78. The van der Waals surface area contributed by atoms with E-state index < -0.39 is 51.1 Å². The molecule has 2 aliphatic heterocycles. The molecule has 36 heavy (non-hydrogen) atoms. The largest absolute Gasteiger partial charge is 0.494 e. The number of nitrogens with zero attached hydrogens (tertiary/aromatic N) is 1. The highest BCUT2D eigenvalue weighted by atomic mass is 32.2. The molecule has 2 saturated heterocycles. The SMILES string of the molecule is C[C@H](N=C1NS(=O)(=O)C(Cc2ccc(B3OC(C)(C)C(C)(C)O3)cc2)C(C)(C)O1)c1ccccc1F. The van der Waals surface area contributed by atoms with Gasteiger partial charge in [-0.1, -0.05) is 42.5 Å². The van der Waals surface area contributed by atoms with Crippen LogP contribution in [0.3, 0.4) is 0 Å². The summed E-state index contributed by atoms with van der Waals surface area (Å²) in [7, 11) is -4.31. The highest BCUT2D eigenvalue weighted by molar-refractivity contribution is 7.90. The van der Waals surface area contributed by atoms with Crippen LogP contribution in [-0.2, 0) is 30.5 Å². The molecule has 194 valence electrons. The molecule has 10 heteroatoms. The van der Waals surface area contributed by atoms with Crippen molar-refractivity contribution in [3.63, 3.8) is 0 Å². The Kier molecular flexibility index (Phi) is 6.77. The van der Waals surface area contributed by atoms with Crippen LogP contribution in [0.5, 0.6) is 0 Å². The minimum absolute atomic E-state index is 0.136. The Morgan fingerprint density at radius 3 is 2.14 bits per heavy atom. The van der Waals surface area contributed by atoms with Crippen LogP contribution in [0.15, 0.2) is 53.5 Å². The van der Waals surface area contributed by atoms with Crippen LogP contribution < -0.4 is 10.2 Å². The molecule has 7 nitrogen and oxygen atoms in total. The van der Waals surface area contributed by atoms with Gasteiger partial charge in [0.2, 0.25) is 10.0 Å². The van der Waals surface area contributed by atoms with E-state index in [4.69, 9.17) is 14.0 Å². The normalized spacial score (nSPS) is 25.7. The van der Waals surface area contributed by atoms with Gasteiger partial charge in [-0.15, -0.1) is 0 Å². The second-order valence-electron chi connectivity index (χ2n) is 11.0. The van der Waals surface area contributed by atoms with Gasteiger partial charge in [0.25, 0.3) is 6.02 Å². The first-order valence-electron chi connectivity index (χ1n) is 12.1. The summed E-state index contributed by atoms with van der Waals surface area (Å²) in [6.45, 7) is 13.1. The van der Waals surface area contributed by atoms with Gasteiger partial charge in [0.1, 0.15) is 16.7 Å². The Balaban J connectivity index is 1.50. The first-order valence-corrected chi connectivity index (χ1v) is 13.6. The van der Waals surface area contributed by atoms with Gasteiger partial charge >= 0.3 is 7.12 Å². The molecule has 2 atom stereocenters. The summed E-state index contributed by atoms with van der Waals surface area (Å²) in [5, 5.41) is -0.865. The Labute approximate surface area is 213 Å². The van der Waals surface area contributed by atoms with Crippen molar-refractivity contribution in [3.05, 3.63) is 65.5 Å². The van der Waals surface area contributed by atoms with Crippen LogP contribution in [-0.4, -0.2) is 43.6 Å². The highest BCUT2D eigenvalue weighted by Crippen LogP contribution is 2.36. The van der Waals surface area contributed by atoms with E-state index in [1.54, 1.807) is 39.0 Å². The number of amidine groups is 1. The Hall–Kier alpha value is -2.43. The Bertz CT molecular complexity index is 1250. The van der Waals surface area contributed by atoms with Crippen molar-refractivity contribution in [2.45, 2.75) is 83.0 Å². The fourth-order valence-electron chi connectivity index (χ4n) is 4.37. The summed E-state index contributed by atoms with van der Waals surface area (Å²) in [6, 6.07) is 13.1. The predicted octanol–water partition coefficient (Wildman–Crippen LogP) is 3.88. The maximum Gasteiger partial charge on any atom is 0.494 e. The molecule has 0 amide bonds. The fourth-order valence-corrected chi connectivity index (χ4v) is 6.06. The number of ether oxygens (including phenoxy) is 1. The van der Waals surface area contributed by atoms with E-state index in [0.29, 0.717) is 5.56 Å². The van der Waals surface area contributed by atoms with Crippen molar-refractivity contribution in [1.82, 2.24) is 4.72 Å². The number of sulfonamides is 1. The summed E-state index contributed by atoms with van der Waals surface area (Å²) in [5.41, 5.74) is 0.110. The predicted molar refractivity (Wildman–Crippen MR) is 139 cm³/mol. The Morgan fingerprint density at radius 2 is 1.58 bits per heavy atom. The van der Waals surface area contributed by atoms with Gasteiger partial charge in [0, 0.05) is 5.56 Å². The van der Waals surface area contributed by atoms with Crippen LogP contribution in [0, 0.1) is 5.82 Å². The van der Waals surface area contributed by atoms with E-state index in [2.05, 4.69) is 9.71 Å². The number of hydrogen-bond acceptors (Lipinski definition) is 6. The van der Waals surface area contributed by atoms with Crippen LogP contribution in [0.25, 0.3) is 0 Å². The molecule has 0 aliphatic carbocycles. The zero-order valence-electron chi connectivity index (χ0n) is 21.8. The molecule has 2 aromatic carbocycles. The number of rotatable bonds is 5. The molecule has 0 radical (unpaired) electrons. The van der Waals surface area contributed by atoms with Crippen molar-refractivity contribution in [1.29, 1.82) is 0 Å². The summed E-state index contributed by atoms with van der Waals surface area (Å²) in [6.07, 6.45) is 0.238. The van der Waals surface area contributed by atoms with Crippen LogP contribution in [0.4, 0.5) is 4.39 Å². The molecule has 4 rings (SSSR count). The summed E-state index contributed by atoms with van der Waals surface area (Å²) in [4.78, 5) is 4.32. The van der Waals surface area contributed by atoms with Crippen molar-refractivity contribution in [2.75, 3.05) is 0 Å². The molecule has 2 heterocycles. The summed E-state index contributed by atoms with van der Waals surface area (Å²) >= 11 is 0. The molecule has 2 aliphatic rings. The minimum Gasteiger partial charge on any atom is -0.457 e. The summed E-state index contributed by atoms with van der Waals surface area (Å²) < 4.78 is 61.2. The topological polar surface area (TPSA) is 86.2 Å². The first-order chi connectivity index (χ1) is 16.6. The maximum absolute atomic E-state index is 14.1. The zero-order valence-corrected chi connectivity index (χ0v) is 22.6. The van der Waals surface area contributed by atoms with Gasteiger partial charge in [-0.25, -0.2) is 22.5 Å². The second-order valence-corrected chi connectivity index (χ2v) is 12.9. The van der Waals surface area contributed by atoms with Crippen molar-refractivity contribution in [3.8, 4) is 0 Å². The van der Waals surface area contributed by atoms with E-state index in [9.17, 15) is 12.8 Å².